The minimum Gasteiger partial charge on any atom is -0.338 e. The number of nitrogens with two attached hydrogens (primary N) is 1. The van der Waals surface area contributed by atoms with Crippen molar-refractivity contribution in [3.8, 4) is 11.4 Å². The summed E-state index contributed by atoms with van der Waals surface area (Å²) < 4.78 is 19.5. The van der Waals surface area contributed by atoms with Gasteiger partial charge in [0.1, 0.15) is 5.82 Å². The zero-order valence-corrected chi connectivity index (χ0v) is 12.5. The molecule has 0 spiro atoms. The number of benzene rings is 1. The molecule has 1 saturated carbocycles. The standard InChI is InChI=1S/C14H15BrFN3O/c15-11-4-3-9(16)7-10(11)12-18-13(20-19-12)14(8-17)5-1-2-6-14/h3-4,7H,1-2,5-6,8,17H2. The molecule has 2 aromatic rings. The average molecular weight is 340 g/mol. The van der Waals surface area contributed by atoms with Crippen molar-refractivity contribution in [1.29, 1.82) is 0 Å². The lowest BCUT2D eigenvalue weighted by molar-refractivity contribution is 0.284. The molecule has 0 amide bonds. The fourth-order valence-corrected chi connectivity index (χ4v) is 3.20. The van der Waals surface area contributed by atoms with Gasteiger partial charge < -0.3 is 10.3 Å². The van der Waals surface area contributed by atoms with E-state index in [9.17, 15) is 4.39 Å². The molecule has 1 aliphatic rings. The molecule has 0 aliphatic heterocycles. The topological polar surface area (TPSA) is 64.9 Å². The first-order valence-corrected chi connectivity index (χ1v) is 7.44. The molecule has 0 saturated heterocycles. The molecule has 6 heteroatoms. The van der Waals surface area contributed by atoms with Crippen molar-refractivity contribution in [3.63, 3.8) is 0 Å². The normalized spacial score (nSPS) is 17.6. The first-order valence-electron chi connectivity index (χ1n) is 6.64. The molecule has 1 aromatic heterocycles. The van der Waals surface area contributed by atoms with Crippen molar-refractivity contribution in [3.05, 3.63) is 34.4 Å². The molecular formula is C14H15BrFN3O. The van der Waals surface area contributed by atoms with E-state index in [1.165, 1.54) is 12.1 Å². The van der Waals surface area contributed by atoms with Crippen LogP contribution in [0, 0.1) is 5.82 Å². The average Bonchev–Trinajstić information content (AvgIpc) is 3.10. The van der Waals surface area contributed by atoms with Crippen molar-refractivity contribution in [1.82, 2.24) is 10.1 Å². The summed E-state index contributed by atoms with van der Waals surface area (Å²) in [7, 11) is 0. The summed E-state index contributed by atoms with van der Waals surface area (Å²) in [5, 5.41) is 3.99. The molecule has 1 heterocycles. The lowest BCUT2D eigenvalue weighted by Gasteiger charge is -2.21. The van der Waals surface area contributed by atoms with Gasteiger partial charge >= 0.3 is 0 Å². The van der Waals surface area contributed by atoms with Crippen LogP contribution in [-0.4, -0.2) is 16.7 Å². The van der Waals surface area contributed by atoms with Crippen LogP contribution in [0.2, 0.25) is 0 Å². The monoisotopic (exact) mass is 339 g/mol. The Labute approximate surface area is 124 Å². The van der Waals surface area contributed by atoms with Crippen LogP contribution in [0.5, 0.6) is 0 Å². The van der Waals surface area contributed by atoms with Crippen LogP contribution in [0.15, 0.2) is 27.2 Å². The Balaban J connectivity index is 2.00. The second-order valence-electron chi connectivity index (χ2n) is 5.24. The Morgan fingerprint density at radius 1 is 1.35 bits per heavy atom. The van der Waals surface area contributed by atoms with E-state index in [-0.39, 0.29) is 11.2 Å². The van der Waals surface area contributed by atoms with E-state index in [2.05, 4.69) is 26.1 Å². The molecule has 0 bridgehead atoms. The molecule has 1 aliphatic carbocycles. The molecule has 0 unspecified atom stereocenters. The summed E-state index contributed by atoms with van der Waals surface area (Å²) in [5.74, 6) is 0.638. The third-order valence-electron chi connectivity index (χ3n) is 4.00. The van der Waals surface area contributed by atoms with Gasteiger partial charge in [0.2, 0.25) is 11.7 Å². The van der Waals surface area contributed by atoms with Gasteiger partial charge in [-0.05, 0) is 31.0 Å². The van der Waals surface area contributed by atoms with Gasteiger partial charge in [-0.2, -0.15) is 4.98 Å². The van der Waals surface area contributed by atoms with E-state index in [1.807, 2.05) is 0 Å². The fraction of sp³-hybridized carbons (Fsp3) is 0.429. The van der Waals surface area contributed by atoms with Crippen molar-refractivity contribution < 1.29 is 8.91 Å². The second kappa shape index (κ2) is 5.26. The van der Waals surface area contributed by atoms with E-state index in [1.54, 1.807) is 6.07 Å². The second-order valence-corrected chi connectivity index (χ2v) is 6.09. The van der Waals surface area contributed by atoms with Gasteiger partial charge in [0.25, 0.3) is 0 Å². The lowest BCUT2D eigenvalue weighted by Crippen LogP contribution is -2.32. The summed E-state index contributed by atoms with van der Waals surface area (Å²) in [6.07, 6.45) is 4.18. The van der Waals surface area contributed by atoms with Gasteiger partial charge in [-0.1, -0.05) is 33.9 Å². The Bertz CT molecular complexity index is 623. The van der Waals surface area contributed by atoms with Crippen molar-refractivity contribution in [2.75, 3.05) is 6.54 Å². The van der Waals surface area contributed by atoms with Crippen molar-refractivity contribution >= 4 is 15.9 Å². The van der Waals surface area contributed by atoms with E-state index >= 15 is 0 Å². The summed E-state index contributed by atoms with van der Waals surface area (Å²) in [4.78, 5) is 4.45. The largest absolute Gasteiger partial charge is 0.338 e. The highest BCUT2D eigenvalue weighted by molar-refractivity contribution is 9.10. The van der Waals surface area contributed by atoms with Crippen LogP contribution in [0.1, 0.15) is 31.6 Å². The van der Waals surface area contributed by atoms with Gasteiger partial charge in [-0.25, -0.2) is 4.39 Å². The van der Waals surface area contributed by atoms with Crippen LogP contribution >= 0.6 is 15.9 Å². The summed E-state index contributed by atoms with van der Waals surface area (Å²) in [6, 6.07) is 4.41. The third kappa shape index (κ3) is 2.27. The quantitative estimate of drug-likeness (QED) is 0.930. The number of hydrogen-bond donors (Lipinski definition) is 1. The molecule has 20 heavy (non-hydrogen) atoms. The lowest BCUT2D eigenvalue weighted by atomic mass is 9.86. The maximum atomic E-state index is 13.4. The molecule has 3 rings (SSSR count). The number of rotatable bonds is 3. The van der Waals surface area contributed by atoms with E-state index in [0.717, 1.165) is 30.2 Å². The Hall–Kier alpha value is -1.27. The minimum absolute atomic E-state index is 0.203. The first-order chi connectivity index (χ1) is 9.64. The van der Waals surface area contributed by atoms with E-state index in [0.29, 0.717) is 23.8 Å². The number of nitrogens with zero attached hydrogens (tertiary/aromatic N) is 2. The summed E-state index contributed by atoms with van der Waals surface area (Å²) >= 11 is 3.38. The smallest absolute Gasteiger partial charge is 0.234 e. The van der Waals surface area contributed by atoms with Gasteiger partial charge in [-0.15, -0.1) is 0 Å². The van der Waals surface area contributed by atoms with Gasteiger partial charge in [-0.3, -0.25) is 0 Å². The van der Waals surface area contributed by atoms with Gasteiger partial charge in [0.05, 0.1) is 5.41 Å². The van der Waals surface area contributed by atoms with Crippen LogP contribution in [0.25, 0.3) is 11.4 Å². The highest BCUT2D eigenvalue weighted by Crippen LogP contribution is 2.40. The predicted molar refractivity (Wildman–Crippen MR) is 76.6 cm³/mol. The maximum Gasteiger partial charge on any atom is 0.234 e. The third-order valence-corrected chi connectivity index (χ3v) is 4.69. The predicted octanol–water partition coefficient (Wildman–Crippen LogP) is 3.41. The SMILES string of the molecule is NCC1(c2nc(-c3cc(F)ccc3Br)no2)CCCC1. The zero-order valence-electron chi connectivity index (χ0n) is 10.9. The van der Waals surface area contributed by atoms with E-state index < -0.39 is 0 Å². The Morgan fingerprint density at radius 3 is 2.80 bits per heavy atom. The van der Waals surface area contributed by atoms with Crippen LogP contribution in [-0.2, 0) is 5.41 Å². The molecule has 0 radical (unpaired) electrons. The zero-order chi connectivity index (χ0) is 14.2. The van der Waals surface area contributed by atoms with Gasteiger partial charge in [0, 0.05) is 16.6 Å². The van der Waals surface area contributed by atoms with E-state index in [4.69, 9.17) is 10.3 Å². The Morgan fingerprint density at radius 2 is 2.10 bits per heavy atom. The molecule has 4 nitrogen and oxygen atoms in total. The van der Waals surface area contributed by atoms with Crippen molar-refractivity contribution in [2.24, 2.45) is 5.73 Å². The molecule has 2 N–H and O–H groups in total. The molecule has 1 aromatic carbocycles. The number of aromatic nitrogens is 2. The molecule has 106 valence electrons. The van der Waals surface area contributed by atoms with Crippen LogP contribution in [0.3, 0.4) is 0 Å². The highest BCUT2D eigenvalue weighted by atomic mass is 79.9. The van der Waals surface area contributed by atoms with Gasteiger partial charge in [0.15, 0.2) is 0 Å². The number of halogens is 2. The first kappa shape index (κ1) is 13.7. The van der Waals surface area contributed by atoms with Crippen molar-refractivity contribution in [2.45, 2.75) is 31.1 Å². The van der Waals surface area contributed by atoms with Crippen LogP contribution in [0.4, 0.5) is 4.39 Å². The molecule has 0 atom stereocenters. The maximum absolute atomic E-state index is 13.4. The highest BCUT2D eigenvalue weighted by Gasteiger charge is 2.39. The molecular weight excluding hydrogens is 325 g/mol. The fourth-order valence-electron chi connectivity index (χ4n) is 2.77. The minimum atomic E-state index is -0.330. The summed E-state index contributed by atoms with van der Waals surface area (Å²) in [6.45, 7) is 0.499. The number of hydrogen-bond acceptors (Lipinski definition) is 4. The van der Waals surface area contributed by atoms with Crippen LogP contribution < -0.4 is 5.73 Å². The summed E-state index contributed by atoms with van der Waals surface area (Å²) in [5.41, 5.74) is 6.29. The molecule has 1 fully saturated rings. The Kier molecular flexibility index (Phi) is 3.60.